The summed E-state index contributed by atoms with van der Waals surface area (Å²) in [5, 5.41) is 0.985. The van der Waals surface area contributed by atoms with Crippen LogP contribution in [0.2, 0.25) is 5.02 Å². The molecule has 0 unspecified atom stereocenters. The molecule has 0 amide bonds. The molecular formula is C25H17ClN2O4S. The van der Waals surface area contributed by atoms with E-state index in [0.717, 1.165) is 5.56 Å². The van der Waals surface area contributed by atoms with Crippen molar-refractivity contribution in [3.8, 4) is 28.4 Å². The third-order valence-corrected chi connectivity index (χ3v) is 6.26. The molecule has 1 aliphatic heterocycles. The average molecular weight is 477 g/mol. The minimum atomic E-state index is -0.245. The van der Waals surface area contributed by atoms with Gasteiger partial charge < -0.3 is 9.47 Å². The summed E-state index contributed by atoms with van der Waals surface area (Å²) >= 11 is 7.14. The second-order valence-electron chi connectivity index (χ2n) is 7.22. The van der Waals surface area contributed by atoms with Crippen LogP contribution in [0.4, 0.5) is 0 Å². The van der Waals surface area contributed by atoms with Gasteiger partial charge in [0.05, 0.1) is 17.1 Å². The molecule has 0 N–H and O–H groups in total. The average Bonchev–Trinajstić information content (AvgIpc) is 3.31. The molecule has 0 fully saturated rings. The van der Waals surface area contributed by atoms with Gasteiger partial charge >= 0.3 is 0 Å². The van der Waals surface area contributed by atoms with Crippen LogP contribution in [0.1, 0.15) is 10.4 Å². The quantitative estimate of drug-likeness (QED) is 0.215. The van der Waals surface area contributed by atoms with Crippen LogP contribution in [0.25, 0.3) is 16.9 Å². The molecule has 4 aromatic rings. The van der Waals surface area contributed by atoms with Crippen molar-refractivity contribution in [2.75, 3.05) is 12.5 Å². The molecule has 0 saturated heterocycles. The van der Waals surface area contributed by atoms with Crippen LogP contribution in [-0.2, 0) is 0 Å². The van der Waals surface area contributed by atoms with Crippen LogP contribution in [-0.4, -0.2) is 27.9 Å². The Labute approximate surface area is 198 Å². The van der Waals surface area contributed by atoms with E-state index in [-0.39, 0.29) is 23.9 Å². The molecule has 164 valence electrons. The molecule has 1 aromatic heterocycles. The van der Waals surface area contributed by atoms with Gasteiger partial charge in [-0.15, -0.1) is 0 Å². The first kappa shape index (κ1) is 21.3. The molecule has 0 spiro atoms. The summed E-state index contributed by atoms with van der Waals surface area (Å²) in [7, 11) is 0. The fraction of sp³-hybridized carbons (Fsp3) is 0.0800. The van der Waals surface area contributed by atoms with Gasteiger partial charge in [0.2, 0.25) is 6.79 Å². The highest BCUT2D eigenvalue weighted by Crippen LogP contribution is 2.35. The molecule has 8 heteroatoms. The van der Waals surface area contributed by atoms with Gasteiger partial charge in [-0.1, -0.05) is 41.6 Å². The van der Waals surface area contributed by atoms with Crippen LogP contribution >= 0.6 is 23.4 Å². The third kappa shape index (κ3) is 4.51. The number of Topliss-reactive ketones (excluding diaryl/α,β-unsaturated/α-hetero) is 1. The van der Waals surface area contributed by atoms with Gasteiger partial charge in [0.15, 0.2) is 22.4 Å². The minimum absolute atomic E-state index is 0.0843. The SMILES string of the molecule is O=C(CSc1nc(-c2ccc3c(c2)OCO3)cc(=O)n1-c1ccccc1)c1ccc(Cl)cc1. The standard InChI is InChI=1S/C25H17ClN2O4S/c26-18-9-6-16(7-10-18)21(29)14-33-25-27-20(17-8-11-22-23(12-17)32-15-31-22)13-24(30)28(25)19-4-2-1-3-5-19/h1-13H,14-15H2. The Bertz CT molecular complexity index is 1390. The second kappa shape index (κ2) is 9.13. The number of ether oxygens (including phenoxy) is 2. The molecule has 0 radical (unpaired) electrons. The van der Waals surface area contributed by atoms with E-state index in [2.05, 4.69) is 0 Å². The highest BCUT2D eigenvalue weighted by atomic mass is 35.5. The highest BCUT2D eigenvalue weighted by molar-refractivity contribution is 7.99. The number of carbonyl (C=O) groups is 1. The lowest BCUT2D eigenvalue weighted by atomic mass is 10.1. The summed E-state index contributed by atoms with van der Waals surface area (Å²) in [5.74, 6) is 1.29. The van der Waals surface area contributed by atoms with Crippen molar-refractivity contribution >= 4 is 29.1 Å². The van der Waals surface area contributed by atoms with Crippen molar-refractivity contribution < 1.29 is 14.3 Å². The number of halogens is 1. The topological polar surface area (TPSA) is 70.4 Å². The van der Waals surface area contributed by atoms with Crippen molar-refractivity contribution in [1.82, 2.24) is 9.55 Å². The Morgan fingerprint density at radius 1 is 0.970 bits per heavy atom. The summed E-state index contributed by atoms with van der Waals surface area (Å²) in [6, 6.07) is 22.9. The summed E-state index contributed by atoms with van der Waals surface area (Å²) in [4.78, 5) is 30.7. The molecule has 3 aromatic carbocycles. The van der Waals surface area contributed by atoms with Crippen LogP contribution in [0.3, 0.4) is 0 Å². The number of nitrogens with zero attached hydrogens (tertiary/aromatic N) is 2. The van der Waals surface area contributed by atoms with Crippen molar-refractivity contribution in [3.05, 3.63) is 99.8 Å². The third-order valence-electron chi connectivity index (χ3n) is 5.07. The van der Waals surface area contributed by atoms with Crippen molar-refractivity contribution in [2.45, 2.75) is 5.16 Å². The number of rotatable bonds is 6. The van der Waals surface area contributed by atoms with E-state index >= 15 is 0 Å². The van der Waals surface area contributed by atoms with Crippen molar-refractivity contribution in [2.24, 2.45) is 0 Å². The van der Waals surface area contributed by atoms with Crippen molar-refractivity contribution in [1.29, 1.82) is 0 Å². The molecular weight excluding hydrogens is 460 g/mol. The molecule has 0 aliphatic carbocycles. The predicted molar refractivity (Wildman–Crippen MR) is 128 cm³/mol. The van der Waals surface area contributed by atoms with Crippen LogP contribution < -0.4 is 15.0 Å². The maximum atomic E-state index is 13.2. The summed E-state index contributed by atoms with van der Waals surface area (Å²) in [6.45, 7) is 0.162. The number of benzene rings is 3. The van der Waals surface area contributed by atoms with Gasteiger partial charge in [0, 0.05) is 22.2 Å². The zero-order chi connectivity index (χ0) is 22.8. The van der Waals surface area contributed by atoms with E-state index in [0.29, 0.717) is 38.6 Å². The maximum absolute atomic E-state index is 13.2. The first-order chi connectivity index (χ1) is 16.1. The number of carbonyl (C=O) groups excluding carboxylic acids is 1. The van der Waals surface area contributed by atoms with E-state index in [1.165, 1.54) is 22.4 Å². The number of hydrogen-bond acceptors (Lipinski definition) is 6. The number of hydrogen-bond donors (Lipinski definition) is 0. The van der Waals surface area contributed by atoms with Crippen LogP contribution in [0, 0.1) is 0 Å². The molecule has 5 rings (SSSR count). The van der Waals surface area contributed by atoms with Gasteiger partial charge in [0.1, 0.15) is 0 Å². The zero-order valence-electron chi connectivity index (χ0n) is 17.2. The van der Waals surface area contributed by atoms with Gasteiger partial charge in [-0.25, -0.2) is 4.98 Å². The predicted octanol–water partition coefficient (Wildman–Crippen LogP) is 5.26. The molecule has 0 bridgehead atoms. The summed E-state index contributed by atoms with van der Waals surface area (Å²) < 4.78 is 12.3. The number of para-hydroxylation sites is 1. The lowest BCUT2D eigenvalue weighted by Crippen LogP contribution is -2.21. The molecule has 6 nitrogen and oxygen atoms in total. The summed E-state index contributed by atoms with van der Waals surface area (Å²) in [5.41, 5.74) is 2.20. The lowest BCUT2D eigenvalue weighted by molar-refractivity contribution is 0.102. The molecule has 2 heterocycles. The Morgan fingerprint density at radius 2 is 1.73 bits per heavy atom. The monoisotopic (exact) mass is 476 g/mol. The molecule has 0 atom stereocenters. The van der Waals surface area contributed by atoms with Gasteiger partial charge in [-0.3, -0.25) is 14.2 Å². The summed E-state index contributed by atoms with van der Waals surface area (Å²) in [6.07, 6.45) is 0. The van der Waals surface area contributed by atoms with E-state index in [1.54, 1.807) is 36.4 Å². The fourth-order valence-corrected chi connectivity index (χ4v) is 4.47. The zero-order valence-corrected chi connectivity index (χ0v) is 18.8. The van der Waals surface area contributed by atoms with Crippen LogP contribution in [0.15, 0.2) is 88.8 Å². The normalized spacial score (nSPS) is 12.0. The van der Waals surface area contributed by atoms with Gasteiger partial charge in [-0.2, -0.15) is 0 Å². The van der Waals surface area contributed by atoms with E-state index < -0.39 is 0 Å². The second-order valence-corrected chi connectivity index (χ2v) is 8.60. The lowest BCUT2D eigenvalue weighted by Gasteiger charge is -2.13. The molecule has 1 aliphatic rings. The first-order valence-electron chi connectivity index (χ1n) is 10.1. The minimum Gasteiger partial charge on any atom is -0.454 e. The number of aromatic nitrogens is 2. The first-order valence-corrected chi connectivity index (χ1v) is 11.5. The Balaban J connectivity index is 1.52. The maximum Gasteiger partial charge on any atom is 0.259 e. The molecule has 0 saturated carbocycles. The van der Waals surface area contributed by atoms with Gasteiger partial charge in [-0.05, 0) is 54.6 Å². The Morgan fingerprint density at radius 3 is 2.52 bits per heavy atom. The number of fused-ring (bicyclic) bond motifs is 1. The Hall–Kier alpha value is -3.55. The van der Waals surface area contributed by atoms with E-state index in [1.807, 2.05) is 36.4 Å². The van der Waals surface area contributed by atoms with Gasteiger partial charge in [0.25, 0.3) is 5.56 Å². The Kier molecular flexibility index (Phi) is 5.90. The van der Waals surface area contributed by atoms with Crippen LogP contribution in [0.5, 0.6) is 11.5 Å². The smallest absolute Gasteiger partial charge is 0.259 e. The van der Waals surface area contributed by atoms with E-state index in [4.69, 9.17) is 26.1 Å². The highest BCUT2D eigenvalue weighted by Gasteiger charge is 2.18. The van der Waals surface area contributed by atoms with Crippen molar-refractivity contribution in [3.63, 3.8) is 0 Å². The molecule has 33 heavy (non-hydrogen) atoms. The van der Waals surface area contributed by atoms with E-state index in [9.17, 15) is 9.59 Å². The number of thioether (sulfide) groups is 1. The number of ketones is 1. The fourth-order valence-electron chi connectivity index (χ4n) is 3.43. The largest absolute Gasteiger partial charge is 0.454 e.